The minimum absolute atomic E-state index is 0.0905. The lowest BCUT2D eigenvalue weighted by Gasteiger charge is -2.21. The molecule has 0 unspecified atom stereocenters. The largest absolute Gasteiger partial charge is 0.465 e. The zero-order valence-electron chi connectivity index (χ0n) is 22.9. The van der Waals surface area contributed by atoms with Crippen molar-refractivity contribution in [2.45, 2.75) is 20.4 Å². The molecule has 2 amide bonds. The highest BCUT2D eigenvalue weighted by atomic mass is 79.9. The Kier molecular flexibility index (Phi) is 9.38. The highest BCUT2D eigenvalue weighted by Gasteiger charge is 2.38. The molecule has 0 bridgehead atoms. The molecule has 2 aromatic carbocycles. The Balaban J connectivity index is 1.43. The summed E-state index contributed by atoms with van der Waals surface area (Å²) in [5.41, 5.74) is 1.77. The number of hydrogen-bond donors (Lipinski definition) is 2. The molecule has 1 aliphatic heterocycles. The molecule has 3 aromatic rings. The number of benzene rings is 2. The number of amides is 2. The summed E-state index contributed by atoms with van der Waals surface area (Å²) in [5.74, 6) is -2.98. The molecule has 42 heavy (non-hydrogen) atoms. The lowest BCUT2D eigenvalue weighted by molar-refractivity contribution is -0.137. The van der Waals surface area contributed by atoms with Crippen LogP contribution in [0.2, 0.25) is 0 Å². The van der Waals surface area contributed by atoms with Crippen molar-refractivity contribution < 1.29 is 37.9 Å². The number of hydrogen-bond acceptors (Lipinski definition) is 9. The molecule has 1 aliphatic rings. The van der Waals surface area contributed by atoms with Gasteiger partial charge in [0.05, 0.1) is 31.5 Å². The third-order valence-electron chi connectivity index (χ3n) is 6.12. The van der Waals surface area contributed by atoms with E-state index in [0.717, 1.165) is 4.47 Å². The van der Waals surface area contributed by atoms with Crippen LogP contribution >= 0.6 is 15.9 Å². The van der Waals surface area contributed by atoms with Crippen LogP contribution in [0.3, 0.4) is 0 Å². The van der Waals surface area contributed by atoms with E-state index >= 15 is 0 Å². The van der Waals surface area contributed by atoms with Crippen LogP contribution in [0.5, 0.6) is 0 Å². The molecule has 11 nitrogen and oxygen atoms in total. The number of anilines is 2. The smallest absolute Gasteiger partial charge is 0.343 e. The minimum Gasteiger partial charge on any atom is -0.465 e. The summed E-state index contributed by atoms with van der Waals surface area (Å²) < 4.78 is 16.3. The number of furan rings is 1. The van der Waals surface area contributed by atoms with Crippen LogP contribution in [-0.4, -0.2) is 43.3 Å². The monoisotopic (exact) mass is 635 g/mol. The number of Topliss-reactive ketones (excluding diaryl/α,β-unsaturated/α-hetero) is 1. The van der Waals surface area contributed by atoms with E-state index in [9.17, 15) is 24.0 Å². The number of rotatable bonds is 8. The Morgan fingerprint density at radius 1 is 0.952 bits per heavy atom. The number of nitrogens with one attached hydrogen (secondary N) is 2. The summed E-state index contributed by atoms with van der Waals surface area (Å²) in [6.07, 6.45) is 1.49. The average molecular weight is 636 g/mol. The summed E-state index contributed by atoms with van der Waals surface area (Å²) in [7, 11) is 1.21. The van der Waals surface area contributed by atoms with Crippen LogP contribution in [0.15, 0.2) is 86.5 Å². The summed E-state index contributed by atoms with van der Waals surface area (Å²) in [6, 6.07) is 16.3. The van der Waals surface area contributed by atoms with E-state index < -0.39 is 29.5 Å². The Hall–Kier alpha value is -4.97. The van der Waals surface area contributed by atoms with E-state index in [1.165, 1.54) is 37.5 Å². The fourth-order valence-electron chi connectivity index (χ4n) is 4.12. The number of halogens is 1. The predicted molar refractivity (Wildman–Crippen MR) is 156 cm³/mol. The zero-order valence-corrected chi connectivity index (χ0v) is 24.4. The van der Waals surface area contributed by atoms with Gasteiger partial charge in [0, 0.05) is 27.6 Å². The van der Waals surface area contributed by atoms with Crippen molar-refractivity contribution in [2.24, 2.45) is 0 Å². The van der Waals surface area contributed by atoms with Gasteiger partial charge in [0.1, 0.15) is 17.1 Å². The van der Waals surface area contributed by atoms with Crippen molar-refractivity contribution in [3.63, 3.8) is 0 Å². The van der Waals surface area contributed by atoms with Gasteiger partial charge in [-0.3, -0.25) is 14.4 Å². The second-order valence-electron chi connectivity index (χ2n) is 8.86. The second kappa shape index (κ2) is 13.1. The topological polar surface area (TPSA) is 144 Å². The number of nitrogens with zero attached hydrogens (tertiary/aromatic N) is 1. The fraction of sp³-hybridized carbons (Fsp3) is 0.167. The number of carbonyl (C=O) groups excluding carboxylic acids is 5. The van der Waals surface area contributed by atoms with Gasteiger partial charge < -0.3 is 29.4 Å². The van der Waals surface area contributed by atoms with E-state index in [0.29, 0.717) is 28.4 Å². The van der Waals surface area contributed by atoms with E-state index in [1.807, 2.05) is 12.1 Å². The van der Waals surface area contributed by atoms with Gasteiger partial charge in [-0.05, 0) is 74.5 Å². The summed E-state index contributed by atoms with van der Waals surface area (Å²) in [5, 5.41) is 4.92. The molecule has 0 saturated carbocycles. The normalized spacial score (nSPS) is 13.8. The molecule has 0 radical (unpaired) electrons. The number of ketones is 1. The van der Waals surface area contributed by atoms with Crippen molar-refractivity contribution in [2.75, 3.05) is 23.9 Å². The zero-order chi connectivity index (χ0) is 30.4. The highest BCUT2D eigenvalue weighted by Crippen LogP contribution is 2.36. The van der Waals surface area contributed by atoms with E-state index in [4.69, 9.17) is 13.9 Å². The molecular formula is C30H26BrN3O8. The first-order chi connectivity index (χ1) is 20.1. The maximum Gasteiger partial charge on any atom is 0.343 e. The average Bonchev–Trinajstić information content (AvgIpc) is 3.53. The third-order valence-corrected chi connectivity index (χ3v) is 6.65. The molecule has 1 aromatic heterocycles. The van der Waals surface area contributed by atoms with E-state index in [1.54, 1.807) is 43.0 Å². The number of allylic oxidation sites excluding steroid dienone is 2. The first-order valence-electron chi connectivity index (χ1n) is 12.7. The molecular weight excluding hydrogens is 610 g/mol. The molecule has 2 N–H and O–H groups in total. The Bertz CT molecular complexity index is 1600. The predicted octanol–water partition coefficient (Wildman–Crippen LogP) is 4.35. The summed E-state index contributed by atoms with van der Waals surface area (Å²) >= 11 is 3.39. The lowest BCUT2D eigenvalue weighted by atomic mass is 10.1. The number of carbonyl (C=O) groups is 5. The summed E-state index contributed by atoms with van der Waals surface area (Å²) in [4.78, 5) is 63.7. The van der Waals surface area contributed by atoms with Gasteiger partial charge in [-0.1, -0.05) is 15.9 Å². The molecule has 0 atom stereocenters. The first kappa shape index (κ1) is 30.0. The number of ether oxygens (including phenoxy) is 2. The molecule has 216 valence electrons. The Labute approximate surface area is 249 Å². The van der Waals surface area contributed by atoms with Crippen LogP contribution in [0, 0.1) is 0 Å². The van der Waals surface area contributed by atoms with Crippen molar-refractivity contribution in [1.29, 1.82) is 0 Å². The molecule has 0 aliphatic carbocycles. The van der Waals surface area contributed by atoms with Crippen LogP contribution in [0.4, 0.5) is 11.4 Å². The maximum atomic E-state index is 13.3. The third kappa shape index (κ3) is 6.66. The molecule has 0 fully saturated rings. The van der Waals surface area contributed by atoms with Gasteiger partial charge in [0.15, 0.2) is 0 Å². The number of methoxy groups -OCH3 is 1. The van der Waals surface area contributed by atoms with Gasteiger partial charge in [0.25, 0.3) is 0 Å². The van der Waals surface area contributed by atoms with Crippen LogP contribution in [0.25, 0.3) is 6.08 Å². The van der Waals surface area contributed by atoms with Crippen molar-refractivity contribution in [3.8, 4) is 0 Å². The fourth-order valence-corrected chi connectivity index (χ4v) is 4.39. The maximum absolute atomic E-state index is 13.3. The SMILES string of the molecule is CCOC(=O)c1ccc(NC(=O)C(=O)NCc2ccc(/C=C3\C(=O)C(C(=O)OC)=C(C)N3c3ccc(Br)cc3)o2)cc1. The number of esters is 2. The highest BCUT2D eigenvalue weighted by molar-refractivity contribution is 9.10. The van der Waals surface area contributed by atoms with Gasteiger partial charge in [-0.15, -0.1) is 0 Å². The van der Waals surface area contributed by atoms with Gasteiger partial charge >= 0.3 is 23.8 Å². The first-order valence-corrected chi connectivity index (χ1v) is 13.5. The Morgan fingerprint density at radius 2 is 1.64 bits per heavy atom. The van der Waals surface area contributed by atoms with Gasteiger partial charge in [-0.2, -0.15) is 0 Å². The Morgan fingerprint density at radius 3 is 2.29 bits per heavy atom. The second-order valence-corrected chi connectivity index (χ2v) is 9.78. The van der Waals surface area contributed by atoms with Crippen molar-refractivity contribution >= 4 is 62.9 Å². The quantitative estimate of drug-likeness (QED) is 0.160. The minimum atomic E-state index is -0.911. The van der Waals surface area contributed by atoms with Gasteiger partial charge in [-0.25, -0.2) is 9.59 Å². The molecule has 4 rings (SSSR count). The van der Waals surface area contributed by atoms with Crippen molar-refractivity contribution in [1.82, 2.24) is 5.32 Å². The molecule has 2 heterocycles. The van der Waals surface area contributed by atoms with Crippen LogP contribution in [0.1, 0.15) is 35.7 Å². The molecule has 0 spiro atoms. The van der Waals surface area contributed by atoms with E-state index in [2.05, 4.69) is 26.6 Å². The van der Waals surface area contributed by atoms with Crippen LogP contribution in [-0.2, 0) is 35.2 Å². The van der Waals surface area contributed by atoms with Crippen molar-refractivity contribution in [3.05, 3.63) is 99.2 Å². The van der Waals surface area contributed by atoms with Crippen LogP contribution < -0.4 is 15.5 Å². The summed E-state index contributed by atoms with van der Waals surface area (Å²) in [6.45, 7) is 3.48. The molecule has 12 heteroatoms. The van der Waals surface area contributed by atoms with Gasteiger partial charge in [0.2, 0.25) is 5.78 Å². The standard InChI is InChI=1S/C30H26BrN3O8/c1-4-41-29(38)18-5-9-20(10-6-18)33-28(37)27(36)32-16-23-14-13-22(42-23)15-24-26(35)25(30(39)40-3)17(2)34(24)21-11-7-19(31)8-12-21/h5-15H,4,16H2,1-3H3,(H,32,36)(H,33,37)/b24-15+. The molecule has 0 saturated heterocycles. The van der Waals surface area contributed by atoms with E-state index in [-0.39, 0.29) is 30.2 Å². The lowest BCUT2D eigenvalue weighted by Crippen LogP contribution is -2.34.